The first-order chi connectivity index (χ1) is 11.5. The molecule has 3 rings (SSSR count). The van der Waals surface area contributed by atoms with Gasteiger partial charge in [-0.2, -0.15) is 15.0 Å². The van der Waals surface area contributed by atoms with E-state index in [1.54, 1.807) is 0 Å². The quantitative estimate of drug-likeness (QED) is 0.777. The van der Waals surface area contributed by atoms with Crippen molar-refractivity contribution in [2.24, 2.45) is 7.05 Å². The maximum Gasteiger partial charge on any atom is 0.229 e. The number of anilines is 2. The second kappa shape index (κ2) is 6.43. The van der Waals surface area contributed by atoms with Gasteiger partial charge in [-0.05, 0) is 12.1 Å². The lowest BCUT2D eigenvalue weighted by atomic mass is 10.2. The fourth-order valence-electron chi connectivity index (χ4n) is 2.43. The molecule has 1 aromatic carbocycles. The van der Waals surface area contributed by atoms with Crippen LogP contribution in [-0.4, -0.2) is 38.6 Å². The van der Waals surface area contributed by atoms with Crippen LogP contribution in [-0.2, 0) is 13.6 Å². The summed E-state index contributed by atoms with van der Waals surface area (Å²) in [6.45, 7) is 4.70. The topological polar surface area (TPSA) is 71.8 Å². The van der Waals surface area contributed by atoms with Crippen LogP contribution < -0.4 is 10.2 Å². The van der Waals surface area contributed by atoms with Crippen molar-refractivity contribution in [3.63, 3.8) is 0 Å². The molecule has 0 bridgehead atoms. The average molecular weight is 325 g/mol. The summed E-state index contributed by atoms with van der Waals surface area (Å²) < 4.78 is 2.08. The molecule has 3 aromatic rings. The summed E-state index contributed by atoms with van der Waals surface area (Å²) in [7, 11) is 5.87. The summed E-state index contributed by atoms with van der Waals surface area (Å²) in [5, 5.41) is 3.28. The number of hydrogen-bond donors (Lipinski definition) is 1. The first-order valence-electron chi connectivity index (χ1n) is 8.03. The number of benzene rings is 1. The smallest absolute Gasteiger partial charge is 0.229 e. The second-order valence-corrected chi connectivity index (χ2v) is 6.30. The maximum atomic E-state index is 4.66. The van der Waals surface area contributed by atoms with Crippen molar-refractivity contribution >= 4 is 22.9 Å². The van der Waals surface area contributed by atoms with Crippen molar-refractivity contribution in [3.05, 3.63) is 35.9 Å². The van der Waals surface area contributed by atoms with Crippen LogP contribution in [0.3, 0.4) is 0 Å². The van der Waals surface area contributed by atoms with E-state index in [1.807, 2.05) is 44.2 Å². The average Bonchev–Trinajstić information content (AvgIpc) is 2.89. The van der Waals surface area contributed by atoms with Gasteiger partial charge in [0.15, 0.2) is 0 Å². The van der Waals surface area contributed by atoms with Gasteiger partial charge >= 0.3 is 0 Å². The Morgan fingerprint density at radius 2 is 1.83 bits per heavy atom. The fraction of sp³-hybridized carbons (Fsp3) is 0.412. The molecule has 7 heteroatoms. The Kier molecular flexibility index (Phi) is 4.33. The Balaban J connectivity index is 1.86. The molecule has 0 fully saturated rings. The van der Waals surface area contributed by atoms with Crippen LogP contribution in [0.4, 0.5) is 11.9 Å². The molecule has 7 nitrogen and oxygen atoms in total. The molecule has 1 N–H and O–H groups in total. The molecule has 24 heavy (non-hydrogen) atoms. The number of nitrogens with one attached hydrogen (secondary N) is 1. The predicted molar refractivity (Wildman–Crippen MR) is 96.3 cm³/mol. The third kappa shape index (κ3) is 3.15. The number of fused-ring (bicyclic) bond motifs is 1. The highest BCUT2D eigenvalue weighted by molar-refractivity contribution is 5.75. The zero-order chi connectivity index (χ0) is 17.3. The molecule has 0 unspecified atom stereocenters. The van der Waals surface area contributed by atoms with Crippen LogP contribution in [0, 0.1) is 0 Å². The Morgan fingerprint density at radius 3 is 2.50 bits per heavy atom. The zero-order valence-corrected chi connectivity index (χ0v) is 14.8. The highest BCUT2D eigenvalue weighted by Gasteiger charge is 2.12. The number of rotatable bonds is 5. The van der Waals surface area contributed by atoms with Crippen molar-refractivity contribution in [2.45, 2.75) is 26.3 Å². The summed E-state index contributed by atoms with van der Waals surface area (Å²) in [4.78, 5) is 20.0. The Labute approximate surface area is 141 Å². The van der Waals surface area contributed by atoms with Crippen molar-refractivity contribution in [2.75, 3.05) is 24.3 Å². The van der Waals surface area contributed by atoms with Crippen molar-refractivity contribution in [1.82, 2.24) is 24.5 Å². The van der Waals surface area contributed by atoms with Gasteiger partial charge in [-0.1, -0.05) is 26.0 Å². The Bertz CT molecular complexity index is 825. The fourth-order valence-corrected chi connectivity index (χ4v) is 2.43. The van der Waals surface area contributed by atoms with Gasteiger partial charge in [0.1, 0.15) is 11.6 Å². The minimum Gasteiger partial charge on any atom is -0.347 e. The highest BCUT2D eigenvalue weighted by Crippen LogP contribution is 2.17. The Morgan fingerprint density at radius 1 is 1.08 bits per heavy atom. The molecule has 126 valence electrons. The second-order valence-electron chi connectivity index (χ2n) is 6.30. The van der Waals surface area contributed by atoms with Gasteiger partial charge in [-0.15, -0.1) is 0 Å². The summed E-state index contributed by atoms with van der Waals surface area (Å²) in [5.74, 6) is 3.18. The van der Waals surface area contributed by atoms with E-state index in [0.717, 1.165) is 22.7 Å². The largest absolute Gasteiger partial charge is 0.347 e. The minimum atomic E-state index is 0.239. The predicted octanol–water partition coefficient (Wildman–Crippen LogP) is 2.56. The van der Waals surface area contributed by atoms with E-state index in [1.165, 1.54) is 0 Å². The molecule has 0 radical (unpaired) electrons. The molecule has 0 aliphatic heterocycles. The van der Waals surface area contributed by atoms with Crippen LogP contribution in [0.2, 0.25) is 0 Å². The van der Waals surface area contributed by atoms with Gasteiger partial charge in [0.2, 0.25) is 11.9 Å². The van der Waals surface area contributed by atoms with Crippen molar-refractivity contribution in [3.8, 4) is 0 Å². The van der Waals surface area contributed by atoms with Gasteiger partial charge in [0.25, 0.3) is 0 Å². The standard InChI is InChI=1S/C17H23N7/c1-11(2)15-20-16(22-17(21-15)23(3)4)18-10-14-19-12-8-6-7-9-13(12)24(14)5/h6-9,11H,10H2,1-5H3,(H,18,20,21,22). The first-order valence-corrected chi connectivity index (χ1v) is 8.03. The number of hydrogen-bond acceptors (Lipinski definition) is 6. The molecule has 0 amide bonds. The molecule has 0 aliphatic carbocycles. The number of nitrogens with zero attached hydrogens (tertiary/aromatic N) is 6. The summed E-state index contributed by atoms with van der Waals surface area (Å²) in [6, 6.07) is 8.10. The third-order valence-electron chi connectivity index (χ3n) is 3.84. The molecule has 2 aromatic heterocycles. The SMILES string of the molecule is CC(C)c1nc(NCc2nc3ccccc3n2C)nc(N(C)C)n1. The van der Waals surface area contributed by atoms with Crippen LogP contribution >= 0.6 is 0 Å². The third-order valence-corrected chi connectivity index (χ3v) is 3.84. The van der Waals surface area contributed by atoms with Gasteiger partial charge in [0.05, 0.1) is 17.6 Å². The van der Waals surface area contributed by atoms with E-state index in [0.29, 0.717) is 18.4 Å². The van der Waals surface area contributed by atoms with Crippen LogP contribution in [0.15, 0.2) is 24.3 Å². The van der Waals surface area contributed by atoms with Crippen LogP contribution in [0.1, 0.15) is 31.4 Å². The lowest BCUT2D eigenvalue weighted by Crippen LogP contribution is -2.17. The lowest BCUT2D eigenvalue weighted by molar-refractivity contribution is 0.750. The van der Waals surface area contributed by atoms with Gasteiger partial charge in [0, 0.05) is 27.1 Å². The molecule has 0 spiro atoms. The molecule has 0 saturated carbocycles. The highest BCUT2D eigenvalue weighted by atomic mass is 15.3. The lowest BCUT2D eigenvalue weighted by Gasteiger charge is -2.14. The van der Waals surface area contributed by atoms with Gasteiger partial charge < -0.3 is 14.8 Å². The van der Waals surface area contributed by atoms with Crippen LogP contribution in [0.25, 0.3) is 11.0 Å². The molecule has 0 saturated heterocycles. The van der Waals surface area contributed by atoms with Crippen molar-refractivity contribution < 1.29 is 0 Å². The monoisotopic (exact) mass is 325 g/mol. The van der Waals surface area contributed by atoms with E-state index in [-0.39, 0.29) is 5.92 Å². The summed E-state index contributed by atoms with van der Waals surface area (Å²) in [5.41, 5.74) is 2.10. The molecule has 0 aliphatic rings. The van der Waals surface area contributed by atoms with E-state index >= 15 is 0 Å². The van der Waals surface area contributed by atoms with Gasteiger partial charge in [-0.3, -0.25) is 0 Å². The van der Waals surface area contributed by atoms with E-state index in [2.05, 4.69) is 49.7 Å². The van der Waals surface area contributed by atoms with Crippen molar-refractivity contribution in [1.29, 1.82) is 0 Å². The number of para-hydroxylation sites is 2. The Hall–Kier alpha value is -2.70. The minimum absolute atomic E-state index is 0.239. The molecular weight excluding hydrogens is 302 g/mol. The number of imidazole rings is 1. The van der Waals surface area contributed by atoms with E-state index in [9.17, 15) is 0 Å². The molecule has 0 atom stereocenters. The normalized spacial score (nSPS) is 11.2. The van der Waals surface area contributed by atoms with Gasteiger partial charge in [-0.25, -0.2) is 4.98 Å². The summed E-state index contributed by atoms with van der Waals surface area (Å²) in [6.07, 6.45) is 0. The van der Waals surface area contributed by atoms with E-state index < -0.39 is 0 Å². The van der Waals surface area contributed by atoms with Crippen LogP contribution in [0.5, 0.6) is 0 Å². The number of aromatic nitrogens is 5. The number of aryl methyl sites for hydroxylation is 1. The maximum absolute atomic E-state index is 4.66. The summed E-state index contributed by atoms with van der Waals surface area (Å²) >= 11 is 0. The molecular formula is C17H23N7. The van der Waals surface area contributed by atoms with E-state index in [4.69, 9.17) is 0 Å². The first kappa shape index (κ1) is 16.2. The zero-order valence-electron chi connectivity index (χ0n) is 14.8. The molecule has 2 heterocycles.